The van der Waals surface area contributed by atoms with Crippen LogP contribution in [0.25, 0.3) is 11.1 Å². The molecule has 5 rings (SSSR count). The predicted octanol–water partition coefficient (Wildman–Crippen LogP) is 5.92. The van der Waals surface area contributed by atoms with Gasteiger partial charge in [-0.1, -0.05) is 48.5 Å². The minimum atomic E-state index is -1.46. The van der Waals surface area contributed by atoms with E-state index in [4.69, 9.17) is 10.5 Å². The lowest BCUT2D eigenvalue weighted by molar-refractivity contribution is -0.150. The zero-order chi connectivity index (χ0) is 29.9. The van der Waals surface area contributed by atoms with E-state index >= 15 is 0 Å². The van der Waals surface area contributed by atoms with Crippen LogP contribution < -0.4 is 11.1 Å². The Balaban J connectivity index is 1.61. The number of hydrogen-bond donors (Lipinski definition) is 2. The number of nitrogens with one attached hydrogen (secondary N) is 1. The van der Waals surface area contributed by atoms with Crippen LogP contribution in [0.4, 0.5) is 8.78 Å². The molecule has 4 bridgehead atoms. The molecule has 1 amide bonds. The molecule has 3 N–H and O–H groups in total. The molecule has 0 spiro atoms. The third-order valence-corrected chi connectivity index (χ3v) is 7.35. The average Bonchev–Trinajstić information content (AvgIpc) is 2.97. The van der Waals surface area contributed by atoms with E-state index in [1.54, 1.807) is 24.3 Å². The van der Waals surface area contributed by atoms with Crippen molar-refractivity contribution in [2.24, 2.45) is 5.73 Å². The van der Waals surface area contributed by atoms with Gasteiger partial charge in [-0.15, -0.1) is 0 Å². The SMILES string of the molecule is CC1(N)Cc2cc(F)cc(c2)CCC(c2ccccc2)NC(=O)c2cc(cc(-c3cccc(F)c3C#N)c2)COC1=O. The minimum Gasteiger partial charge on any atom is -0.459 e. The molecule has 1 aliphatic heterocycles. The fourth-order valence-corrected chi connectivity index (χ4v) is 5.27. The zero-order valence-corrected chi connectivity index (χ0v) is 23.0. The summed E-state index contributed by atoms with van der Waals surface area (Å²) in [4.78, 5) is 26.8. The fraction of sp³-hybridized carbons (Fsp3) is 0.206. The second-order valence-corrected chi connectivity index (χ2v) is 10.8. The van der Waals surface area contributed by atoms with Gasteiger partial charge in [0, 0.05) is 17.5 Å². The smallest absolute Gasteiger partial charge is 0.326 e. The largest absolute Gasteiger partial charge is 0.459 e. The summed E-state index contributed by atoms with van der Waals surface area (Å²) in [5, 5.41) is 12.7. The first kappa shape index (κ1) is 28.7. The summed E-state index contributed by atoms with van der Waals surface area (Å²) in [6, 6.07) is 24.6. The van der Waals surface area contributed by atoms with E-state index in [1.165, 1.54) is 31.2 Å². The van der Waals surface area contributed by atoms with E-state index < -0.39 is 35.1 Å². The lowest BCUT2D eigenvalue weighted by Crippen LogP contribution is -2.48. The van der Waals surface area contributed by atoms with Crippen LogP contribution >= 0.6 is 0 Å². The first-order valence-electron chi connectivity index (χ1n) is 13.6. The Morgan fingerprint density at radius 3 is 2.43 bits per heavy atom. The molecule has 0 saturated heterocycles. The van der Waals surface area contributed by atoms with Gasteiger partial charge in [0.2, 0.25) is 0 Å². The van der Waals surface area contributed by atoms with Crippen molar-refractivity contribution < 1.29 is 23.1 Å². The van der Waals surface area contributed by atoms with Crippen molar-refractivity contribution in [1.29, 1.82) is 5.26 Å². The molecule has 0 saturated carbocycles. The van der Waals surface area contributed by atoms with Gasteiger partial charge in [0.1, 0.15) is 29.8 Å². The van der Waals surface area contributed by atoms with Gasteiger partial charge in [-0.05, 0) is 84.0 Å². The molecule has 212 valence electrons. The lowest BCUT2D eigenvalue weighted by Gasteiger charge is -2.24. The molecule has 6 nitrogen and oxygen atoms in total. The monoisotopic (exact) mass is 565 g/mol. The number of esters is 1. The van der Waals surface area contributed by atoms with E-state index in [9.17, 15) is 23.6 Å². The van der Waals surface area contributed by atoms with Gasteiger partial charge in [-0.25, -0.2) is 8.78 Å². The van der Waals surface area contributed by atoms with Gasteiger partial charge in [0.05, 0.1) is 11.6 Å². The number of halogens is 2. The quantitative estimate of drug-likeness (QED) is 0.294. The number of carbonyl (C=O) groups is 2. The second-order valence-electron chi connectivity index (χ2n) is 10.8. The number of cyclic esters (lactones) is 1. The van der Waals surface area contributed by atoms with E-state index in [0.29, 0.717) is 40.7 Å². The average molecular weight is 566 g/mol. The van der Waals surface area contributed by atoms with Crippen molar-refractivity contribution in [3.05, 3.63) is 130 Å². The van der Waals surface area contributed by atoms with Crippen LogP contribution in [0.15, 0.2) is 84.9 Å². The maximum Gasteiger partial charge on any atom is 0.326 e. The number of fused-ring (bicyclic) bond motifs is 4. The summed E-state index contributed by atoms with van der Waals surface area (Å²) in [6.45, 7) is 1.29. The van der Waals surface area contributed by atoms with Gasteiger partial charge < -0.3 is 15.8 Å². The highest BCUT2D eigenvalue weighted by molar-refractivity contribution is 5.96. The number of ether oxygens (including phenoxy) is 1. The van der Waals surface area contributed by atoms with Crippen LogP contribution in [0.1, 0.15) is 57.6 Å². The lowest BCUT2D eigenvalue weighted by atomic mass is 9.91. The number of nitrogens with two attached hydrogens (primary N) is 1. The predicted molar refractivity (Wildman–Crippen MR) is 154 cm³/mol. The van der Waals surface area contributed by atoms with Crippen LogP contribution in [0.2, 0.25) is 0 Å². The fourth-order valence-electron chi connectivity index (χ4n) is 5.27. The van der Waals surface area contributed by atoms with Crippen LogP contribution in [0, 0.1) is 23.0 Å². The summed E-state index contributed by atoms with van der Waals surface area (Å²) in [6.07, 6.45) is 0.960. The molecule has 4 aromatic rings. The van der Waals surface area contributed by atoms with Crippen molar-refractivity contribution in [2.75, 3.05) is 0 Å². The number of amides is 1. The summed E-state index contributed by atoms with van der Waals surface area (Å²) in [7, 11) is 0. The first-order chi connectivity index (χ1) is 20.1. The van der Waals surface area contributed by atoms with Crippen LogP contribution in [0.5, 0.6) is 0 Å². The van der Waals surface area contributed by atoms with Gasteiger partial charge in [0.25, 0.3) is 5.91 Å². The topological polar surface area (TPSA) is 105 Å². The highest BCUT2D eigenvalue weighted by Gasteiger charge is 2.31. The molecule has 0 fully saturated rings. The highest BCUT2D eigenvalue weighted by Crippen LogP contribution is 2.29. The number of nitriles is 1. The molecular formula is C34H29F2N3O3. The van der Waals surface area contributed by atoms with Gasteiger partial charge in [0.15, 0.2) is 0 Å². The highest BCUT2D eigenvalue weighted by atomic mass is 19.1. The number of hydrogen-bond acceptors (Lipinski definition) is 5. The van der Waals surface area contributed by atoms with Gasteiger partial charge in [-0.2, -0.15) is 5.26 Å². The van der Waals surface area contributed by atoms with E-state index in [-0.39, 0.29) is 24.2 Å². The van der Waals surface area contributed by atoms with Crippen molar-refractivity contribution in [3.8, 4) is 17.2 Å². The maximum atomic E-state index is 14.6. The molecule has 1 aliphatic rings. The van der Waals surface area contributed by atoms with Crippen molar-refractivity contribution in [1.82, 2.24) is 5.32 Å². The number of nitrogens with zero attached hydrogens (tertiary/aromatic N) is 1. The third kappa shape index (κ3) is 6.37. The zero-order valence-electron chi connectivity index (χ0n) is 23.0. The Kier molecular flexibility index (Phi) is 8.14. The molecule has 2 unspecified atom stereocenters. The Bertz CT molecular complexity index is 1700. The number of aryl methyl sites for hydroxylation is 1. The van der Waals surface area contributed by atoms with E-state index in [2.05, 4.69) is 5.32 Å². The molecule has 1 heterocycles. The van der Waals surface area contributed by atoms with Crippen molar-refractivity contribution in [3.63, 3.8) is 0 Å². The Hall–Kier alpha value is -4.87. The second kappa shape index (κ2) is 11.9. The molecular weight excluding hydrogens is 536 g/mol. The van der Waals surface area contributed by atoms with Crippen molar-refractivity contribution in [2.45, 2.75) is 44.4 Å². The standard InChI is InChI=1S/C34H29F2N3O3/c1-34(38)18-22-12-21(15-27(35)16-22)10-11-31(24-6-3-2-4-7-24)39-32(40)26-14-23(20-42-33(34)41)13-25(17-26)28-8-5-9-30(36)29(28)19-37/h2-9,12-17,31H,10-11,18,20,38H2,1H3,(H,39,40). The van der Waals surface area contributed by atoms with Crippen LogP contribution in [0.3, 0.4) is 0 Å². The van der Waals surface area contributed by atoms with E-state index in [1.807, 2.05) is 42.5 Å². The van der Waals surface area contributed by atoms with Crippen molar-refractivity contribution >= 4 is 11.9 Å². The molecule has 8 heteroatoms. The van der Waals surface area contributed by atoms with Gasteiger partial charge in [-0.3, -0.25) is 9.59 Å². The number of rotatable bonds is 2. The first-order valence-corrected chi connectivity index (χ1v) is 13.6. The summed E-state index contributed by atoms with van der Waals surface area (Å²) in [5.74, 6) is -2.24. The van der Waals surface area contributed by atoms with Crippen LogP contribution in [-0.4, -0.2) is 17.4 Å². The van der Waals surface area contributed by atoms with E-state index in [0.717, 1.165) is 5.56 Å². The summed E-state index contributed by atoms with van der Waals surface area (Å²) < 4.78 is 34.7. The maximum absolute atomic E-state index is 14.6. The molecule has 2 atom stereocenters. The molecule has 4 aromatic carbocycles. The Morgan fingerprint density at radius 2 is 1.67 bits per heavy atom. The molecule has 0 aromatic heterocycles. The van der Waals surface area contributed by atoms with Gasteiger partial charge >= 0.3 is 5.97 Å². The Labute approximate surface area is 242 Å². The molecule has 0 aliphatic carbocycles. The molecule has 0 radical (unpaired) electrons. The van der Waals surface area contributed by atoms with Crippen LogP contribution in [-0.2, 0) is 29.0 Å². The summed E-state index contributed by atoms with van der Waals surface area (Å²) >= 11 is 0. The Morgan fingerprint density at radius 1 is 0.929 bits per heavy atom. The number of benzene rings is 4. The number of carbonyl (C=O) groups excluding carboxylic acids is 2. The normalized spacial score (nSPS) is 19.4. The third-order valence-electron chi connectivity index (χ3n) is 7.35. The molecule has 42 heavy (non-hydrogen) atoms. The minimum absolute atomic E-state index is 0.0511. The summed E-state index contributed by atoms with van der Waals surface area (Å²) in [5.41, 5.74) is 8.28.